The Labute approximate surface area is 229 Å². The fourth-order valence-electron chi connectivity index (χ4n) is 7.71. The van der Waals surface area contributed by atoms with Crippen LogP contribution in [0.25, 0.3) is 0 Å². The standard InChI is InChI=1S/C30H50N2O6/c1-11-16-31(28(8,9)18-27(5,6)7)25(35)23-30-15-14-29(10,38-30)22(26(36)37-13-3)21(30)24(34)32(23)20(17-33)19(4)12-2/h11,19-23,33H,1,12-18H2,2-10H3/t19-,20-,21-,22+,23?,29-,30?/m0/s1. The third-order valence-corrected chi connectivity index (χ3v) is 9.11. The number of likely N-dealkylation sites (tertiary alicyclic amines) is 1. The van der Waals surface area contributed by atoms with E-state index in [4.69, 9.17) is 9.47 Å². The van der Waals surface area contributed by atoms with Gasteiger partial charge in [0.15, 0.2) is 0 Å². The molecular formula is C30H50N2O6. The van der Waals surface area contributed by atoms with Crippen molar-refractivity contribution in [1.82, 2.24) is 9.80 Å². The molecule has 1 N–H and O–H groups in total. The van der Waals surface area contributed by atoms with E-state index in [0.29, 0.717) is 19.4 Å². The van der Waals surface area contributed by atoms with E-state index in [1.807, 2.05) is 39.5 Å². The summed E-state index contributed by atoms with van der Waals surface area (Å²) in [4.78, 5) is 45.8. The molecule has 0 aromatic rings. The third-order valence-electron chi connectivity index (χ3n) is 9.11. The van der Waals surface area contributed by atoms with Gasteiger partial charge in [0.05, 0.1) is 30.8 Å². The highest BCUT2D eigenvalue weighted by atomic mass is 16.6. The van der Waals surface area contributed by atoms with Gasteiger partial charge in [0.2, 0.25) is 11.8 Å². The fraction of sp³-hybridized carbons (Fsp3) is 0.833. The number of carbonyl (C=O) groups is 3. The summed E-state index contributed by atoms with van der Waals surface area (Å²) in [6.45, 7) is 22.3. The summed E-state index contributed by atoms with van der Waals surface area (Å²) in [5.41, 5.74) is -2.63. The molecule has 7 atom stereocenters. The lowest BCUT2D eigenvalue weighted by Crippen LogP contribution is -2.63. The van der Waals surface area contributed by atoms with Crippen molar-refractivity contribution < 1.29 is 29.0 Å². The minimum Gasteiger partial charge on any atom is -0.466 e. The van der Waals surface area contributed by atoms with Gasteiger partial charge in [-0.25, -0.2) is 0 Å². The quantitative estimate of drug-likeness (QED) is 0.319. The molecule has 3 heterocycles. The van der Waals surface area contributed by atoms with Crippen LogP contribution in [0.4, 0.5) is 0 Å². The van der Waals surface area contributed by atoms with Crippen molar-refractivity contribution in [3.05, 3.63) is 12.7 Å². The molecule has 3 aliphatic heterocycles. The topological polar surface area (TPSA) is 96.4 Å². The van der Waals surface area contributed by atoms with E-state index in [2.05, 4.69) is 27.4 Å². The van der Waals surface area contributed by atoms with Crippen LogP contribution in [-0.2, 0) is 23.9 Å². The van der Waals surface area contributed by atoms with Crippen LogP contribution in [0.3, 0.4) is 0 Å². The number of amides is 2. The highest BCUT2D eigenvalue weighted by molar-refractivity contribution is 5.99. The van der Waals surface area contributed by atoms with Crippen LogP contribution in [0.5, 0.6) is 0 Å². The van der Waals surface area contributed by atoms with Crippen molar-refractivity contribution in [2.45, 2.75) is 117 Å². The van der Waals surface area contributed by atoms with Gasteiger partial charge in [-0.1, -0.05) is 47.1 Å². The Morgan fingerprint density at radius 3 is 2.39 bits per heavy atom. The zero-order chi connectivity index (χ0) is 28.8. The van der Waals surface area contributed by atoms with Crippen LogP contribution in [-0.4, -0.2) is 81.3 Å². The molecule has 8 heteroatoms. The van der Waals surface area contributed by atoms with Gasteiger partial charge in [-0.2, -0.15) is 0 Å². The Bertz CT molecular complexity index is 942. The first-order valence-corrected chi connectivity index (χ1v) is 14.3. The van der Waals surface area contributed by atoms with Gasteiger partial charge < -0.3 is 24.4 Å². The van der Waals surface area contributed by atoms with E-state index in [1.54, 1.807) is 17.9 Å². The molecule has 0 aromatic heterocycles. The molecule has 216 valence electrons. The molecule has 0 aliphatic carbocycles. The molecule has 0 saturated carbocycles. The first-order chi connectivity index (χ1) is 17.5. The van der Waals surface area contributed by atoms with Crippen molar-refractivity contribution >= 4 is 17.8 Å². The van der Waals surface area contributed by atoms with E-state index < -0.39 is 46.6 Å². The maximum atomic E-state index is 14.8. The molecule has 38 heavy (non-hydrogen) atoms. The lowest BCUT2D eigenvalue weighted by atomic mass is 9.66. The van der Waals surface area contributed by atoms with Gasteiger partial charge in [0.1, 0.15) is 17.6 Å². The second-order valence-electron chi connectivity index (χ2n) is 13.6. The lowest BCUT2D eigenvalue weighted by Gasteiger charge is -2.47. The van der Waals surface area contributed by atoms with Crippen LogP contribution in [0.1, 0.15) is 88.0 Å². The summed E-state index contributed by atoms with van der Waals surface area (Å²) in [7, 11) is 0. The molecule has 2 unspecified atom stereocenters. The molecule has 1 spiro atoms. The van der Waals surface area contributed by atoms with Crippen molar-refractivity contribution in [3.8, 4) is 0 Å². The summed E-state index contributed by atoms with van der Waals surface area (Å²) in [6.07, 6.45) is 4.21. The van der Waals surface area contributed by atoms with Crippen molar-refractivity contribution in [2.24, 2.45) is 23.2 Å². The van der Waals surface area contributed by atoms with E-state index in [9.17, 15) is 19.5 Å². The van der Waals surface area contributed by atoms with Gasteiger partial charge in [0.25, 0.3) is 0 Å². The van der Waals surface area contributed by atoms with Gasteiger partial charge in [0, 0.05) is 12.1 Å². The average molecular weight is 535 g/mol. The zero-order valence-electron chi connectivity index (χ0n) is 25.0. The summed E-state index contributed by atoms with van der Waals surface area (Å²) in [6, 6.07) is -1.53. The molecule has 3 saturated heterocycles. The van der Waals surface area contributed by atoms with E-state index in [1.165, 1.54) is 0 Å². The molecule has 3 rings (SSSR count). The zero-order valence-corrected chi connectivity index (χ0v) is 25.0. The summed E-state index contributed by atoms with van der Waals surface area (Å²) in [5.74, 6) is -2.65. The van der Waals surface area contributed by atoms with Crippen LogP contribution < -0.4 is 0 Å². The number of carbonyl (C=O) groups excluding carboxylic acids is 3. The smallest absolute Gasteiger partial charge is 0.312 e. The number of hydrogen-bond acceptors (Lipinski definition) is 6. The lowest BCUT2D eigenvalue weighted by molar-refractivity contribution is -0.164. The maximum absolute atomic E-state index is 14.8. The fourth-order valence-corrected chi connectivity index (χ4v) is 7.71. The van der Waals surface area contributed by atoms with E-state index in [0.717, 1.165) is 12.8 Å². The summed E-state index contributed by atoms with van der Waals surface area (Å²) in [5, 5.41) is 10.5. The predicted molar refractivity (Wildman–Crippen MR) is 146 cm³/mol. The molecule has 0 aromatic carbocycles. The highest BCUT2D eigenvalue weighted by Gasteiger charge is 2.79. The highest BCUT2D eigenvalue weighted by Crippen LogP contribution is 2.64. The molecular weight excluding hydrogens is 484 g/mol. The van der Waals surface area contributed by atoms with E-state index in [-0.39, 0.29) is 36.4 Å². The minimum atomic E-state index is -1.15. The normalized spacial score (nSPS) is 32.2. The summed E-state index contributed by atoms with van der Waals surface area (Å²) < 4.78 is 12.1. The molecule has 2 bridgehead atoms. The van der Waals surface area contributed by atoms with Crippen LogP contribution in [0, 0.1) is 23.2 Å². The van der Waals surface area contributed by atoms with Gasteiger partial charge >= 0.3 is 5.97 Å². The Morgan fingerprint density at radius 1 is 1.26 bits per heavy atom. The molecule has 3 fully saturated rings. The number of rotatable bonds is 11. The Morgan fingerprint density at radius 2 is 1.89 bits per heavy atom. The van der Waals surface area contributed by atoms with Crippen molar-refractivity contribution in [3.63, 3.8) is 0 Å². The average Bonchev–Trinajstić information content (AvgIpc) is 3.37. The maximum Gasteiger partial charge on any atom is 0.312 e. The van der Waals surface area contributed by atoms with Gasteiger partial charge in [-0.3, -0.25) is 14.4 Å². The number of aliphatic hydroxyl groups excluding tert-OH is 1. The SMILES string of the molecule is C=CCN(C(=O)C1N([C@@H](CO)[C@@H](C)CC)C(=O)[C@@H]2[C@H](C(=O)OCC)[C@]3(C)CCC12O3)C(C)(C)CC(C)(C)C. The number of fused-ring (bicyclic) bond motifs is 1. The van der Waals surface area contributed by atoms with Crippen molar-refractivity contribution in [1.29, 1.82) is 0 Å². The number of aliphatic hydroxyl groups is 1. The second-order valence-corrected chi connectivity index (χ2v) is 13.6. The molecule has 0 radical (unpaired) electrons. The molecule has 2 amide bonds. The Hall–Kier alpha value is -1.93. The van der Waals surface area contributed by atoms with Gasteiger partial charge in [-0.15, -0.1) is 6.58 Å². The largest absolute Gasteiger partial charge is 0.466 e. The number of ether oxygens (including phenoxy) is 2. The Balaban J connectivity index is 2.20. The van der Waals surface area contributed by atoms with Crippen LogP contribution in [0.2, 0.25) is 0 Å². The predicted octanol–water partition coefficient (Wildman–Crippen LogP) is 3.95. The third kappa shape index (κ3) is 4.91. The summed E-state index contributed by atoms with van der Waals surface area (Å²) >= 11 is 0. The molecule has 3 aliphatic rings. The Kier molecular flexibility index (Phi) is 8.51. The number of nitrogens with zero attached hydrogens (tertiary/aromatic N) is 2. The van der Waals surface area contributed by atoms with Gasteiger partial charge in [-0.05, 0) is 58.3 Å². The van der Waals surface area contributed by atoms with Crippen LogP contribution >= 0.6 is 0 Å². The molecule has 8 nitrogen and oxygen atoms in total. The van der Waals surface area contributed by atoms with Crippen molar-refractivity contribution in [2.75, 3.05) is 19.8 Å². The number of hydrogen-bond donors (Lipinski definition) is 1. The van der Waals surface area contributed by atoms with Crippen LogP contribution in [0.15, 0.2) is 12.7 Å². The minimum absolute atomic E-state index is 0.0512. The number of esters is 1. The monoisotopic (exact) mass is 534 g/mol. The second kappa shape index (κ2) is 10.6. The first kappa shape index (κ1) is 30.6. The van der Waals surface area contributed by atoms with E-state index >= 15 is 0 Å². The first-order valence-electron chi connectivity index (χ1n) is 14.3.